The van der Waals surface area contributed by atoms with Crippen LogP contribution in [0.5, 0.6) is 0 Å². The fraction of sp³-hybridized carbons (Fsp3) is 0.818. The van der Waals surface area contributed by atoms with E-state index in [9.17, 15) is 0 Å². The van der Waals surface area contributed by atoms with Crippen molar-refractivity contribution in [2.45, 2.75) is 92.9 Å². The predicted octanol–water partition coefficient (Wildman–Crippen LogP) is 7.96. The van der Waals surface area contributed by atoms with Crippen LogP contribution in [-0.2, 0) is 0 Å². The Hall–Kier alpha value is -0.170. The topological polar surface area (TPSA) is 0 Å². The van der Waals surface area contributed by atoms with E-state index >= 15 is 0 Å². The Kier molecular flexibility index (Phi) is 6.50. The Morgan fingerprint density at radius 3 is 1.22 bits per heavy atom. The van der Waals surface area contributed by atoms with Crippen LogP contribution in [0.2, 0.25) is 0 Å². The minimum Gasteiger partial charge on any atom is -0.106 e. The Bertz CT molecular complexity index is 380. The van der Waals surface area contributed by atoms with E-state index in [0.717, 1.165) is 11.8 Å². The van der Waals surface area contributed by atoms with Crippen LogP contribution in [0.15, 0.2) is 22.0 Å². The fourth-order valence-electron chi connectivity index (χ4n) is 4.17. The van der Waals surface area contributed by atoms with Gasteiger partial charge in [0.05, 0.1) is 0 Å². The van der Waals surface area contributed by atoms with Gasteiger partial charge in [-0.1, -0.05) is 52.7 Å². The molecule has 2 aliphatic carbocycles. The highest BCUT2D eigenvalue weighted by atomic mass is 32.2. The van der Waals surface area contributed by atoms with Crippen LogP contribution in [0.1, 0.15) is 92.9 Å². The zero-order valence-electron chi connectivity index (χ0n) is 16.4. The summed E-state index contributed by atoms with van der Waals surface area (Å²) in [6, 6.07) is 0. The van der Waals surface area contributed by atoms with Gasteiger partial charge in [0.15, 0.2) is 0 Å². The van der Waals surface area contributed by atoms with Crippen molar-refractivity contribution in [1.82, 2.24) is 0 Å². The maximum Gasteiger partial charge on any atom is -0.0256 e. The summed E-state index contributed by atoms with van der Waals surface area (Å²) in [5, 5.41) is 4.92. The molecule has 132 valence electrons. The van der Waals surface area contributed by atoms with Crippen molar-refractivity contribution in [1.29, 1.82) is 0 Å². The van der Waals surface area contributed by atoms with Gasteiger partial charge < -0.3 is 0 Å². The lowest BCUT2D eigenvalue weighted by molar-refractivity contribution is 0.197. The summed E-state index contributed by atoms with van der Waals surface area (Å²) in [4.78, 5) is 0. The number of hydrogen-bond acceptors (Lipinski definition) is 1. The molecular formula is C22H38S. The van der Waals surface area contributed by atoms with Gasteiger partial charge in [-0.2, -0.15) is 0 Å². The molecule has 0 N–H and O–H groups in total. The molecule has 0 aromatic rings. The Balaban J connectivity index is 1.75. The zero-order chi connectivity index (χ0) is 17.1. The minimum atomic E-state index is 0.492. The molecule has 2 fully saturated rings. The van der Waals surface area contributed by atoms with E-state index in [-0.39, 0.29) is 0 Å². The van der Waals surface area contributed by atoms with Gasteiger partial charge in [-0.15, -0.1) is 11.8 Å². The Morgan fingerprint density at radius 1 is 0.652 bits per heavy atom. The SMILES string of the molecule is CC(C)(C)C1CCC(=CSC=C2CCC(C(C)(C)C)CC2)CC1. The van der Waals surface area contributed by atoms with Crippen LogP contribution >= 0.6 is 11.8 Å². The van der Waals surface area contributed by atoms with E-state index in [0.29, 0.717) is 10.8 Å². The predicted molar refractivity (Wildman–Crippen MR) is 107 cm³/mol. The molecule has 23 heavy (non-hydrogen) atoms. The van der Waals surface area contributed by atoms with Crippen LogP contribution in [0.25, 0.3) is 0 Å². The molecule has 0 aromatic heterocycles. The van der Waals surface area contributed by atoms with E-state index in [1.807, 2.05) is 11.8 Å². The normalized spacial score (nSPS) is 27.0. The second-order valence-electron chi connectivity index (χ2n) is 9.97. The lowest BCUT2D eigenvalue weighted by Gasteiger charge is -2.35. The van der Waals surface area contributed by atoms with Crippen molar-refractivity contribution in [3.8, 4) is 0 Å². The van der Waals surface area contributed by atoms with Gasteiger partial charge in [-0.05, 0) is 84.8 Å². The maximum absolute atomic E-state index is 2.46. The molecule has 0 atom stereocenters. The minimum absolute atomic E-state index is 0.492. The van der Waals surface area contributed by atoms with Crippen LogP contribution in [0.4, 0.5) is 0 Å². The molecular weight excluding hydrogens is 296 g/mol. The van der Waals surface area contributed by atoms with E-state index in [1.54, 1.807) is 11.1 Å². The Labute approximate surface area is 149 Å². The molecule has 0 bridgehead atoms. The molecule has 2 rings (SSSR count). The molecule has 1 heteroatoms. The number of rotatable bonds is 2. The van der Waals surface area contributed by atoms with Crippen molar-refractivity contribution in [2.24, 2.45) is 22.7 Å². The van der Waals surface area contributed by atoms with Gasteiger partial charge in [0, 0.05) is 0 Å². The summed E-state index contributed by atoms with van der Waals surface area (Å²) in [5.74, 6) is 1.83. The molecule has 2 saturated carbocycles. The molecule has 2 aliphatic rings. The first-order valence-electron chi connectivity index (χ1n) is 9.67. The van der Waals surface area contributed by atoms with Gasteiger partial charge in [0.25, 0.3) is 0 Å². The third-order valence-corrected chi connectivity index (χ3v) is 7.11. The summed E-state index contributed by atoms with van der Waals surface area (Å²) in [7, 11) is 0. The summed E-state index contributed by atoms with van der Waals surface area (Å²) < 4.78 is 0. The highest BCUT2D eigenvalue weighted by Crippen LogP contribution is 2.41. The van der Waals surface area contributed by atoms with Gasteiger partial charge >= 0.3 is 0 Å². The highest BCUT2D eigenvalue weighted by Gasteiger charge is 2.28. The molecule has 0 saturated heterocycles. The van der Waals surface area contributed by atoms with Gasteiger partial charge in [-0.25, -0.2) is 0 Å². The number of thioether (sulfide) groups is 1. The largest absolute Gasteiger partial charge is 0.106 e. The smallest absolute Gasteiger partial charge is 0.0256 e. The third kappa shape index (κ3) is 6.00. The fourth-order valence-corrected chi connectivity index (χ4v) is 5.10. The van der Waals surface area contributed by atoms with E-state index in [1.165, 1.54) is 51.4 Å². The summed E-state index contributed by atoms with van der Waals surface area (Å²) >= 11 is 1.96. The van der Waals surface area contributed by atoms with E-state index in [2.05, 4.69) is 52.4 Å². The average Bonchev–Trinajstić information content (AvgIpc) is 2.46. The lowest BCUT2D eigenvalue weighted by Crippen LogP contribution is -2.23. The van der Waals surface area contributed by atoms with Gasteiger partial charge in [0.2, 0.25) is 0 Å². The van der Waals surface area contributed by atoms with Gasteiger partial charge in [-0.3, -0.25) is 0 Å². The van der Waals surface area contributed by atoms with Crippen molar-refractivity contribution in [3.63, 3.8) is 0 Å². The summed E-state index contributed by atoms with van der Waals surface area (Å²) in [5.41, 5.74) is 4.37. The number of allylic oxidation sites excluding steroid dienone is 2. The highest BCUT2D eigenvalue weighted by molar-refractivity contribution is 8.04. The summed E-state index contributed by atoms with van der Waals surface area (Å²) in [6.45, 7) is 14.4. The summed E-state index contributed by atoms with van der Waals surface area (Å²) in [6.07, 6.45) is 10.8. The van der Waals surface area contributed by atoms with Crippen LogP contribution < -0.4 is 0 Å². The Morgan fingerprint density at radius 2 is 0.957 bits per heavy atom. The second kappa shape index (κ2) is 7.81. The lowest BCUT2D eigenvalue weighted by atomic mass is 9.71. The molecule has 0 amide bonds. The maximum atomic E-state index is 2.46. The molecule has 0 heterocycles. The van der Waals surface area contributed by atoms with Crippen LogP contribution in [-0.4, -0.2) is 0 Å². The standard InChI is InChI=1S/C22H38S/c1-21(2,3)19-11-7-17(8-12-19)15-23-16-18-9-13-20(14-10-18)22(4,5)6/h15-16,19-20H,7-14H2,1-6H3. The molecule has 0 aliphatic heterocycles. The van der Waals surface area contributed by atoms with E-state index < -0.39 is 0 Å². The second-order valence-corrected chi connectivity index (χ2v) is 10.7. The quantitative estimate of drug-likeness (QED) is 0.493. The zero-order valence-corrected chi connectivity index (χ0v) is 17.2. The first-order valence-corrected chi connectivity index (χ1v) is 10.6. The average molecular weight is 335 g/mol. The van der Waals surface area contributed by atoms with Crippen LogP contribution in [0, 0.1) is 22.7 Å². The van der Waals surface area contributed by atoms with Crippen molar-refractivity contribution in [2.75, 3.05) is 0 Å². The van der Waals surface area contributed by atoms with Crippen LogP contribution in [0.3, 0.4) is 0 Å². The van der Waals surface area contributed by atoms with Gasteiger partial charge in [0.1, 0.15) is 0 Å². The van der Waals surface area contributed by atoms with Crippen molar-refractivity contribution < 1.29 is 0 Å². The third-order valence-electron chi connectivity index (χ3n) is 6.17. The molecule has 0 unspecified atom stereocenters. The molecule has 0 radical (unpaired) electrons. The molecule has 0 nitrogen and oxygen atoms in total. The first-order chi connectivity index (χ1) is 10.7. The van der Waals surface area contributed by atoms with Crippen molar-refractivity contribution in [3.05, 3.63) is 22.0 Å². The number of hydrogen-bond donors (Lipinski definition) is 0. The molecule has 0 aromatic carbocycles. The van der Waals surface area contributed by atoms with E-state index in [4.69, 9.17) is 0 Å². The van der Waals surface area contributed by atoms with Crippen molar-refractivity contribution >= 4 is 11.8 Å². The molecule has 0 spiro atoms. The first kappa shape index (κ1) is 19.2. The monoisotopic (exact) mass is 334 g/mol.